The molecule has 0 saturated carbocycles. The summed E-state index contributed by atoms with van der Waals surface area (Å²) in [7, 11) is 0. The monoisotopic (exact) mass is 315 g/mol. The van der Waals surface area contributed by atoms with E-state index in [0.29, 0.717) is 23.5 Å². The topological polar surface area (TPSA) is 52.8 Å². The zero-order chi connectivity index (χ0) is 15.8. The minimum Gasteiger partial charge on any atom is -0.491 e. The van der Waals surface area contributed by atoms with Crippen LogP contribution in [0.3, 0.4) is 0 Å². The van der Waals surface area contributed by atoms with E-state index in [1.807, 2.05) is 21.6 Å². The molecule has 0 spiro atoms. The number of ether oxygens (including phenoxy) is 1. The van der Waals surface area contributed by atoms with Crippen molar-refractivity contribution in [3.8, 4) is 5.75 Å². The largest absolute Gasteiger partial charge is 0.491 e. The highest BCUT2D eigenvalue weighted by molar-refractivity contribution is 6.00. The van der Waals surface area contributed by atoms with Gasteiger partial charge in [-0.05, 0) is 37.5 Å². The highest BCUT2D eigenvalue weighted by atomic mass is 16.5. The number of fused-ring (bicyclic) bond motifs is 2. The minimum atomic E-state index is 0.0355. The van der Waals surface area contributed by atoms with Crippen LogP contribution in [0.1, 0.15) is 48.0 Å². The highest BCUT2D eigenvalue weighted by Gasteiger charge is 2.35. The first-order valence-electron chi connectivity index (χ1n) is 8.63. The quantitative estimate of drug-likeness (QED) is 0.638. The van der Waals surface area contributed by atoms with Gasteiger partial charge in [0.05, 0.1) is 17.2 Å². The van der Waals surface area contributed by atoms with E-state index in [4.69, 9.17) is 4.74 Å². The zero-order valence-corrected chi connectivity index (χ0v) is 13.3. The molecule has 0 unspecified atom stereocenters. The summed E-state index contributed by atoms with van der Waals surface area (Å²) in [5.41, 5.74) is 1.29. The van der Waals surface area contributed by atoms with Crippen LogP contribution in [0.2, 0.25) is 0 Å². The molecule has 0 bridgehead atoms. The molecule has 0 aliphatic carbocycles. The number of aliphatic hydroxyl groups is 1. The van der Waals surface area contributed by atoms with Gasteiger partial charge in [0.2, 0.25) is 0 Å². The Morgan fingerprint density at radius 1 is 1.22 bits per heavy atom. The average Bonchev–Trinajstić information content (AvgIpc) is 3.03. The number of carbonyl (C=O) groups is 1. The Labute approximate surface area is 136 Å². The number of amides is 1. The van der Waals surface area contributed by atoms with Gasteiger partial charge in [0.15, 0.2) is 0 Å². The zero-order valence-electron chi connectivity index (χ0n) is 13.3. The second-order valence-electron chi connectivity index (χ2n) is 6.69. The summed E-state index contributed by atoms with van der Waals surface area (Å²) >= 11 is 0. The molecule has 1 amide bonds. The fourth-order valence-electron chi connectivity index (χ4n) is 3.87. The van der Waals surface area contributed by atoms with Gasteiger partial charge < -0.3 is 14.7 Å². The van der Waals surface area contributed by atoms with Crippen LogP contribution in [-0.4, -0.2) is 58.7 Å². The maximum absolute atomic E-state index is 12.8. The second-order valence-corrected chi connectivity index (χ2v) is 6.69. The highest BCUT2D eigenvalue weighted by Crippen LogP contribution is 2.30. The summed E-state index contributed by atoms with van der Waals surface area (Å²) < 4.78 is 7.85. The molecule has 4 rings (SSSR count). The molecule has 5 nitrogen and oxygen atoms in total. The molecule has 3 aliphatic rings. The Kier molecular flexibility index (Phi) is 3.71. The van der Waals surface area contributed by atoms with E-state index in [0.717, 1.165) is 45.3 Å². The van der Waals surface area contributed by atoms with Gasteiger partial charge >= 0.3 is 5.90 Å². The smallest absolute Gasteiger partial charge is 0.367 e. The molecule has 122 valence electrons. The standard InChI is InChI=1S/C18H22N2O3/c21-17(19-8-2-1-3-9-19)13-6-7-16-15(11-13)18(22)20-10-4-5-14(20)12-23-16/h6-7,11,14H,1-5,8-10,12H2/p+1/t14-/m0/s1. The number of hydrogen-bond acceptors (Lipinski definition) is 2. The van der Waals surface area contributed by atoms with E-state index in [1.54, 1.807) is 6.07 Å². The van der Waals surface area contributed by atoms with Crippen molar-refractivity contribution in [2.24, 2.45) is 0 Å². The second kappa shape index (κ2) is 5.87. The van der Waals surface area contributed by atoms with Crippen LogP contribution in [0.25, 0.3) is 0 Å². The Morgan fingerprint density at radius 2 is 2.04 bits per heavy atom. The Balaban J connectivity index is 1.70. The van der Waals surface area contributed by atoms with E-state index >= 15 is 0 Å². The van der Waals surface area contributed by atoms with Crippen LogP contribution in [0.15, 0.2) is 18.2 Å². The summed E-state index contributed by atoms with van der Waals surface area (Å²) in [5.74, 6) is 0.954. The van der Waals surface area contributed by atoms with E-state index in [2.05, 4.69) is 0 Å². The molecule has 0 aromatic heterocycles. The van der Waals surface area contributed by atoms with Gasteiger partial charge in [0.25, 0.3) is 5.91 Å². The number of aliphatic hydroxyl groups excluding tert-OH is 1. The third-order valence-corrected chi connectivity index (χ3v) is 5.19. The molecule has 1 atom stereocenters. The van der Waals surface area contributed by atoms with Crippen molar-refractivity contribution in [3.63, 3.8) is 0 Å². The van der Waals surface area contributed by atoms with Gasteiger partial charge in [0, 0.05) is 19.4 Å². The number of nitrogens with zero attached hydrogens (tertiary/aromatic N) is 2. The first-order valence-corrected chi connectivity index (χ1v) is 8.63. The molecule has 0 radical (unpaired) electrons. The molecule has 5 heteroatoms. The Morgan fingerprint density at radius 3 is 2.87 bits per heavy atom. The summed E-state index contributed by atoms with van der Waals surface area (Å²) in [6.07, 6.45) is 5.48. The first kappa shape index (κ1) is 14.5. The van der Waals surface area contributed by atoms with Gasteiger partial charge in [-0.1, -0.05) is 0 Å². The molecular formula is C18H23N2O3+. The predicted molar refractivity (Wildman–Crippen MR) is 86.6 cm³/mol. The van der Waals surface area contributed by atoms with Crippen molar-refractivity contribution in [2.45, 2.75) is 38.1 Å². The van der Waals surface area contributed by atoms with Crippen LogP contribution >= 0.6 is 0 Å². The van der Waals surface area contributed by atoms with Crippen molar-refractivity contribution < 1.29 is 19.2 Å². The van der Waals surface area contributed by atoms with Gasteiger partial charge in [0.1, 0.15) is 25.4 Å². The maximum Gasteiger partial charge on any atom is 0.367 e. The molecule has 3 aliphatic heterocycles. The first-order chi connectivity index (χ1) is 11.2. The fourth-order valence-corrected chi connectivity index (χ4v) is 3.87. The molecule has 2 fully saturated rings. The third-order valence-electron chi connectivity index (χ3n) is 5.19. The van der Waals surface area contributed by atoms with Crippen LogP contribution in [0.5, 0.6) is 5.75 Å². The van der Waals surface area contributed by atoms with E-state index < -0.39 is 0 Å². The summed E-state index contributed by atoms with van der Waals surface area (Å²) in [5, 5.41) is 10.6. The lowest BCUT2D eigenvalue weighted by Crippen LogP contribution is -2.36. The molecular weight excluding hydrogens is 292 g/mol. The third kappa shape index (κ3) is 2.58. The average molecular weight is 315 g/mol. The molecule has 2 saturated heterocycles. The number of benzene rings is 1. The molecule has 3 heterocycles. The SMILES string of the molecule is O=C1c2cc(C(O)=[N+]3CCCCC3)ccc2OC[C@@H]2CCCN12. The van der Waals surface area contributed by atoms with Crippen molar-refractivity contribution in [1.29, 1.82) is 0 Å². The van der Waals surface area contributed by atoms with E-state index in [1.165, 1.54) is 6.42 Å². The van der Waals surface area contributed by atoms with Gasteiger partial charge in [-0.3, -0.25) is 4.79 Å². The summed E-state index contributed by atoms with van der Waals surface area (Å²) in [6, 6.07) is 5.66. The normalized spacial score (nSPS) is 23.8. The number of hydrogen-bond donors (Lipinski definition) is 1. The Bertz CT molecular complexity index is 660. The van der Waals surface area contributed by atoms with Gasteiger partial charge in [-0.2, -0.15) is 4.58 Å². The fraction of sp³-hybridized carbons (Fsp3) is 0.556. The summed E-state index contributed by atoms with van der Waals surface area (Å²) in [6.45, 7) is 3.13. The summed E-state index contributed by atoms with van der Waals surface area (Å²) in [4.78, 5) is 14.7. The number of piperidine rings is 1. The molecule has 1 N–H and O–H groups in total. The molecule has 23 heavy (non-hydrogen) atoms. The molecule has 1 aromatic carbocycles. The minimum absolute atomic E-state index is 0.0355. The predicted octanol–water partition coefficient (Wildman–Crippen LogP) is 2.18. The number of carbonyl (C=O) groups excluding carboxylic acids is 1. The van der Waals surface area contributed by atoms with E-state index in [-0.39, 0.29) is 17.8 Å². The van der Waals surface area contributed by atoms with Crippen LogP contribution in [0, 0.1) is 0 Å². The van der Waals surface area contributed by atoms with Crippen LogP contribution in [0.4, 0.5) is 0 Å². The van der Waals surface area contributed by atoms with Crippen LogP contribution < -0.4 is 4.74 Å². The number of rotatable bonds is 1. The van der Waals surface area contributed by atoms with Crippen molar-refractivity contribution >= 4 is 11.8 Å². The maximum atomic E-state index is 12.8. The molecule has 1 aromatic rings. The van der Waals surface area contributed by atoms with E-state index in [9.17, 15) is 9.90 Å². The lowest BCUT2D eigenvalue weighted by molar-refractivity contribution is -0.544. The lowest BCUT2D eigenvalue weighted by atomic mass is 10.1. The van der Waals surface area contributed by atoms with Gasteiger partial charge in [-0.15, -0.1) is 0 Å². The van der Waals surface area contributed by atoms with Crippen LogP contribution in [-0.2, 0) is 0 Å². The van der Waals surface area contributed by atoms with Gasteiger partial charge in [-0.25, -0.2) is 0 Å². The van der Waals surface area contributed by atoms with Crippen molar-refractivity contribution in [1.82, 2.24) is 4.90 Å². The Hall–Kier alpha value is -2.04. The van der Waals surface area contributed by atoms with Crippen molar-refractivity contribution in [2.75, 3.05) is 26.2 Å². The van der Waals surface area contributed by atoms with Crippen molar-refractivity contribution in [3.05, 3.63) is 29.3 Å². The lowest BCUT2D eigenvalue weighted by Gasteiger charge is -2.20.